The van der Waals surface area contributed by atoms with Crippen molar-refractivity contribution in [1.82, 2.24) is 10.3 Å². The summed E-state index contributed by atoms with van der Waals surface area (Å²) in [5.74, 6) is 1.39. The summed E-state index contributed by atoms with van der Waals surface area (Å²) >= 11 is 0. The summed E-state index contributed by atoms with van der Waals surface area (Å²) in [6.45, 7) is 7.23. The van der Waals surface area contributed by atoms with Crippen LogP contribution in [0.2, 0.25) is 0 Å². The van der Waals surface area contributed by atoms with Crippen LogP contribution in [0.1, 0.15) is 38.8 Å². The number of nitrogens with zero attached hydrogens (tertiary/aromatic N) is 1. The van der Waals surface area contributed by atoms with Crippen molar-refractivity contribution in [3.8, 4) is 5.88 Å². The van der Waals surface area contributed by atoms with Crippen LogP contribution in [0, 0.1) is 5.92 Å². The molecule has 0 saturated heterocycles. The molecule has 0 aliphatic rings. The average molecular weight is 222 g/mol. The summed E-state index contributed by atoms with van der Waals surface area (Å²) in [5.41, 5.74) is 1.18. The molecule has 3 nitrogen and oxygen atoms in total. The number of pyridine rings is 1. The summed E-state index contributed by atoms with van der Waals surface area (Å²) < 4.78 is 5.55. The van der Waals surface area contributed by atoms with E-state index in [0.29, 0.717) is 17.8 Å². The molecule has 1 aromatic rings. The van der Waals surface area contributed by atoms with Gasteiger partial charge in [0, 0.05) is 18.3 Å². The van der Waals surface area contributed by atoms with E-state index in [1.165, 1.54) is 5.56 Å². The summed E-state index contributed by atoms with van der Waals surface area (Å²) in [5, 5.41) is 3.18. The first-order valence-electron chi connectivity index (χ1n) is 5.89. The van der Waals surface area contributed by atoms with Crippen molar-refractivity contribution < 1.29 is 4.74 Å². The van der Waals surface area contributed by atoms with Crippen LogP contribution in [0.15, 0.2) is 18.3 Å². The fourth-order valence-corrected chi connectivity index (χ4v) is 1.30. The van der Waals surface area contributed by atoms with Gasteiger partial charge in [-0.1, -0.05) is 19.9 Å². The van der Waals surface area contributed by atoms with Crippen LogP contribution in [-0.4, -0.2) is 18.6 Å². The number of ether oxygens (including phenoxy) is 1. The first kappa shape index (κ1) is 13.0. The van der Waals surface area contributed by atoms with Gasteiger partial charge in [0.05, 0.1) is 6.61 Å². The summed E-state index contributed by atoms with van der Waals surface area (Å²) in [4.78, 5) is 4.28. The molecule has 16 heavy (non-hydrogen) atoms. The highest BCUT2D eigenvalue weighted by Gasteiger charge is 2.03. The van der Waals surface area contributed by atoms with E-state index in [4.69, 9.17) is 4.74 Å². The Labute approximate surface area is 98.2 Å². The quantitative estimate of drug-likeness (QED) is 0.803. The lowest BCUT2D eigenvalue weighted by atomic mass is 10.1. The maximum absolute atomic E-state index is 5.55. The van der Waals surface area contributed by atoms with Crippen LogP contribution in [-0.2, 0) is 0 Å². The van der Waals surface area contributed by atoms with Crippen LogP contribution in [0.3, 0.4) is 0 Å². The van der Waals surface area contributed by atoms with E-state index in [0.717, 1.165) is 13.0 Å². The first-order chi connectivity index (χ1) is 7.63. The van der Waals surface area contributed by atoms with E-state index >= 15 is 0 Å². The highest BCUT2D eigenvalue weighted by molar-refractivity contribution is 5.20. The topological polar surface area (TPSA) is 34.1 Å². The largest absolute Gasteiger partial charge is 0.478 e. The van der Waals surface area contributed by atoms with Gasteiger partial charge in [-0.2, -0.15) is 0 Å². The predicted octanol–water partition coefficient (Wildman–Crippen LogP) is 2.79. The predicted molar refractivity (Wildman–Crippen MR) is 66.7 cm³/mol. The minimum Gasteiger partial charge on any atom is -0.478 e. The van der Waals surface area contributed by atoms with Gasteiger partial charge in [-0.05, 0) is 31.9 Å². The molecule has 0 amide bonds. The van der Waals surface area contributed by atoms with Gasteiger partial charge in [-0.25, -0.2) is 4.98 Å². The second-order valence-electron chi connectivity index (χ2n) is 4.47. The van der Waals surface area contributed by atoms with E-state index in [1.807, 2.05) is 19.3 Å². The molecule has 0 bridgehead atoms. The fourth-order valence-electron chi connectivity index (χ4n) is 1.30. The Bertz CT molecular complexity index is 295. The van der Waals surface area contributed by atoms with Crippen molar-refractivity contribution in [2.75, 3.05) is 13.7 Å². The molecule has 0 fully saturated rings. The molecular formula is C13H22N2O. The van der Waals surface area contributed by atoms with Crippen molar-refractivity contribution in [2.45, 2.75) is 33.2 Å². The van der Waals surface area contributed by atoms with Crippen molar-refractivity contribution in [1.29, 1.82) is 0 Å². The van der Waals surface area contributed by atoms with E-state index in [9.17, 15) is 0 Å². The molecule has 90 valence electrons. The zero-order chi connectivity index (χ0) is 12.0. The van der Waals surface area contributed by atoms with Gasteiger partial charge < -0.3 is 10.1 Å². The minimum absolute atomic E-state index is 0.331. The molecule has 1 aromatic heterocycles. The number of rotatable bonds is 6. The van der Waals surface area contributed by atoms with Gasteiger partial charge >= 0.3 is 0 Å². The molecule has 1 unspecified atom stereocenters. The summed E-state index contributed by atoms with van der Waals surface area (Å²) in [6.07, 6.45) is 2.93. The molecule has 0 aliphatic heterocycles. The van der Waals surface area contributed by atoms with Crippen molar-refractivity contribution >= 4 is 0 Å². The molecule has 1 rings (SSSR count). The first-order valence-corrected chi connectivity index (χ1v) is 5.89. The lowest BCUT2D eigenvalue weighted by Crippen LogP contribution is -2.12. The molecule has 0 aliphatic carbocycles. The third-order valence-corrected chi connectivity index (χ3v) is 2.64. The highest BCUT2D eigenvalue weighted by atomic mass is 16.5. The molecule has 3 heteroatoms. The SMILES string of the molecule is CNC(C)c1ccc(OCCC(C)C)nc1. The van der Waals surface area contributed by atoms with Crippen LogP contribution >= 0.6 is 0 Å². The molecule has 1 N–H and O–H groups in total. The molecule has 0 saturated carbocycles. The van der Waals surface area contributed by atoms with Gasteiger partial charge in [-0.3, -0.25) is 0 Å². The van der Waals surface area contributed by atoms with Crippen molar-refractivity contribution in [3.05, 3.63) is 23.9 Å². The third-order valence-electron chi connectivity index (χ3n) is 2.64. The van der Waals surface area contributed by atoms with Crippen LogP contribution in [0.25, 0.3) is 0 Å². The van der Waals surface area contributed by atoms with Crippen LogP contribution < -0.4 is 10.1 Å². The Morgan fingerprint density at radius 3 is 2.56 bits per heavy atom. The maximum atomic E-state index is 5.55. The van der Waals surface area contributed by atoms with Gasteiger partial charge in [-0.15, -0.1) is 0 Å². The standard InChI is InChI=1S/C13H22N2O/c1-10(2)7-8-16-13-6-5-12(9-15-13)11(3)14-4/h5-6,9-11,14H,7-8H2,1-4H3. The molecule has 0 radical (unpaired) electrons. The average Bonchev–Trinajstić information content (AvgIpc) is 2.28. The van der Waals surface area contributed by atoms with E-state index in [1.54, 1.807) is 0 Å². The zero-order valence-corrected chi connectivity index (χ0v) is 10.7. The fraction of sp³-hybridized carbons (Fsp3) is 0.615. The Kier molecular flexibility index (Phi) is 5.26. The smallest absolute Gasteiger partial charge is 0.213 e. The van der Waals surface area contributed by atoms with E-state index < -0.39 is 0 Å². The van der Waals surface area contributed by atoms with Gasteiger partial charge in [0.2, 0.25) is 5.88 Å². The number of nitrogens with one attached hydrogen (secondary N) is 1. The monoisotopic (exact) mass is 222 g/mol. The molecule has 0 aromatic carbocycles. The summed E-state index contributed by atoms with van der Waals surface area (Å²) in [6, 6.07) is 4.32. The molecule has 0 spiro atoms. The Morgan fingerprint density at radius 1 is 1.31 bits per heavy atom. The highest BCUT2D eigenvalue weighted by Crippen LogP contribution is 2.14. The minimum atomic E-state index is 0.331. The second-order valence-corrected chi connectivity index (χ2v) is 4.47. The van der Waals surface area contributed by atoms with E-state index in [-0.39, 0.29) is 0 Å². The van der Waals surface area contributed by atoms with E-state index in [2.05, 4.69) is 37.1 Å². The third kappa shape index (κ3) is 4.19. The molecule has 1 atom stereocenters. The Hall–Kier alpha value is -1.09. The Balaban J connectivity index is 2.45. The molecule has 1 heterocycles. The van der Waals surface area contributed by atoms with Gasteiger partial charge in [0.25, 0.3) is 0 Å². The Morgan fingerprint density at radius 2 is 2.06 bits per heavy atom. The normalized spacial score (nSPS) is 12.8. The number of hydrogen-bond donors (Lipinski definition) is 1. The maximum Gasteiger partial charge on any atom is 0.213 e. The number of hydrogen-bond acceptors (Lipinski definition) is 3. The van der Waals surface area contributed by atoms with Gasteiger partial charge in [0.15, 0.2) is 0 Å². The van der Waals surface area contributed by atoms with Crippen molar-refractivity contribution in [3.63, 3.8) is 0 Å². The van der Waals surface area contributed by atoms with Crippen LogP contribution in [0.5, 0.6) is 5.88 Å². The van der Waals surface area contributed by atoms with Crippen LogP contribution in [0.4, 0.5) is 0 Å². The lowest BCUT2D eigenvalue weighted by Gasteiger charge is -2.11. The second kappa shape index (κ2) is 6.48. The van der Waals surface area contributed by atoms with Crippen molar-refractivity contribution in [2.24, 2.45) is 5.92 Å². The lowest BCUT2D eigenvalue weighted by molar-refractivity contribution is 0.279. The molecular weight excluding hydrogens is 200 g/mol. The zero-order valence-electron chi connectivity index (χ0n) is 10.7. The number of aromatic nitrogens is 1. The summed E-state index contributed by atoms with van der Waals surface area (Å²) in [7, 11) is 1.94. The van der Waals surface area contributed by atoms with Gasteiger partial charge in [0.1, 0.15) is 0 Å².